The van der Waals surface area contributed by atoms with Crippen molar-refractivity contribution in [1.82, 2.24) is 5.32 Å². The zero-order valence-corrected chi connectivity index (χ0v) is 7.49. The number of hydrogen-bond donors (Lipinski definition) is 1. The van der Waals surface area contributed by atoms with Gasteiger partial charge in [0, 0.05) is 16.8 Å². The van der Waals surface area contributed by atoms with E-state index in [1.54, 1.807) is 0 Å². The van der Waals surface area contributed by atoms with E-state index >= 15 is 0 Å². The molecule has 3 aliphatic heterocycles. The molecule has 0 aromatic heterocycles. The highest BCUT2D eigenvalue weighted by molar-refractivity contribution is 6.35. The van der Waals surface area contributed by atoms with E-state index in [4.69, 9.17) is 0 Å². The Balaban J connectivity index is 0.000000722. The largest absolute Gasteiger partial charge is 1.00 e. The highest BCUT2D eigenvalue weighted by Crippen LogP contribution is 2.42. The van der Waals surface area contributed by atoms with Gasteiger partial charge in [-0.2, -0.15) is 0 Å². The minimum atomic E-state index is 0. The number of hydrogen-bond acceptors (Lipinski definition) is 2. The summed E-state index contributed by atoms with van der Waals surface area (Å²) in [5.41, 5.74) is 6.14. The normalized spacial score (nSPS) is 24.9. The zero-order valence-electron chi connectivity index (χ0n) is 8.49. The van der Waals surface area contributed by atoms with E-state index in [-0.39, 0.29) is 1.43 Å². The van der Waals surface area contributed by atoms with Crippen LogP contribution in [0.25, 0.3) is 5.57 Å². The highest BCUT2D eigenvalue weighted by atomic mass is 15.0. The van der Waals surface area contributed by atoms with Gasteiger partial charge in [0.25, 0.3) is 0 Å². The molecule has 66 valence electrons. The lowest BCUT2D eigenvalue weighted by molar-refractivity contribution is 0.913. The number of fused-ring (bicyclic) bond motifs is 6. The number of nitrogens with zero attached hydrogens (tertiary/aromatic N) is 1. The maximum atomic E-state index is 4.64. The van der Waals surface area contributed by atoms with Crippen molar-refractivity contribution < 1.29 is 1.43 Å². The molecule has 2 heteroatoms. The second kappa shape index (κ2) is 1.98. The van der Waals surface area contributed by atoms with Gasteiger partial charge in [0.1, 0.15) is 0 Å². The van der Waals surface area contributed by atoms with Crippen LogP contribution in [0, 0.1) is 0 Å². The molecule has 0 saturated carbocycles. The van der Waals surface area contributed by atoms with Crippen LogP contribution >= 0.6 is 0 Å². The van der Waals surface area contributed by atoms with Gasteiger partial charge in [-0.15, -0.1) is 0 Å². The van der Waals surface area contributed by atoms with E-state index in [2.05, 4.69) is 40.7 Å². The van der Waals surface area contributed by atoms with Crippen LogP contribution in [0.1, 0.15) is 6.99 Å². The van der Waals surface area contributed by atoms with Gasteiger partial charge in [-0.1, -0.05) is 24.3 Å². The Bertz CT molecular complexity index is 540. The van der Waals surface area contributed by atoms with Crippen LogP contribution in [0.5, 0.6) is 0 Å². The Morgan fingerprint density at radius 1 is 1.29 bits per heavy atom. The summed E-state index contributed by atoms with van der Waals surface area (Å²) in [6, 6.07) is 8.66. The van der Waals surface area contributed by atoms with Crippen molar-refractivity contribution in [3.63, 3.8) is 0 Å². The molecule has 2 bridgehead atoms. The van der Waals surface area contributed by atoms with Crippen LogP contribution in [-0.4, -0.2) is 11.8 Å². The van der Waals surface area contributed by atoms with Crippen molar-refractivity contribution in [2.45, 2.75) is 6.04 Å². The maximum Gasteiger partial charge on any atom is 1.00 e. The van der Waals surface area contributed by atoms with Gasteiger partial charge in [-0.3, -0.25) is 0 Å². The van der Waals surface area contributed by atoms with Crippen LogP contribution < -0.4 is 5.32 Å². The average Bonchev–Trinajstić information content (AvgIpc) is 2.88. The minimum absolute atomic E-state index is 0. The molecule has 1 atom stereocenters. The molecule has 4 rings (SSSR count). The molecule has 1 unspecified atom stereocenters. The molecule has 1 aromatic rings. The van der Waals surface area contributed by atoms with Crippen LogP contribution in [0.3, 0.4) is 0 Å². The molecule has 1 aromatic carbocycles. The second-order valence-corrected chi connectivity index (χ2v) is 3.78. The van der Waals surface area contributed by atoms with E-state index in [0.29, 0.717) is 6.04 Å². The number of aliphatic imine (C=N–C) groups is 1. The molecular formula is C12H9N2+. The summed E-state index contributed by atoms with van der Waals surface area (Å²) in [4.78, 5) is 4.64. The summed E-state index contributed by atoms with van der Waals surface area (Å²) >= 11 is 0. The van der Waals surface area contributed by atoms with Gasteiger partial charge in [0.2, 0.25) is 0 Å². The molecule has 0 aliphatic carbocycles. The van der Waals surface area contributed by atoms with Crippen molar-refractivity contribution in [2.75, 3.05) is 0 Å². The monoisotopic (exact) mass is 181 g/mol. The number of nitrogens with one attached hydrogen (secondary N) is 1. The van der Waals surface area contributed by atoms with E-state index in [1.807, 2.05) is 6.07 Å². The van der Waals surface area contributed by atoms with E-state index in [9.17, 15) is 0 Å². The topological polar surface area (TPSA) is 24.4 Å². The lowest BCUT2D eigenvalue weighted by Gasteiger charge is -2.02. The zero-order chi connectivity index (χ0) is 9.12. The fourth-order valence-corrected chi connectivity index (χ4v) is 2.39. The van der Waals surface area contributed by atoms with Gasteiger partial charge < -0.3 is 5.32 Å². The maximum absolute atomic E-state index is 4.64. The lowest BCUT2D eigenvalue weighted by Crippen LogP contribution is -2.22. The third-order valence-corrected chi connectivity index (χ3v) is 3.00. The lowest BCUT2D eigenvalue weighted by atomic mass is 9.98. The number of benzene rings is 1. The van der Waals surface area contributed by atoms with Gasteiger partial charge in [0.15, 0.2) is 0 Å². The van der Waals surface area contributed by atoms with Gasteiger partial charge in [-0.05, 0) is 12.1 Å². The first-order chi connectivity index (χ1) is 6.93. The molecule has 0 saturated heterocycles. The van der Waals surface area contributed by atoms with Crippen molar-refractivity contribution in [2.24, 2.45) is 4.99 Å². The Morgan fingerprint density at radius 2 is 2.21 bits per heavy atom. The van der Waals surface area contributed by atoms with Crippen LogP contribution in [0.4, 0.5) is 5.69 Å². The van der Waals surface area contributed by atoms with Gasteiger partial charge in [0.05, 0.1) is 17.4 Å². The molecule has 2 nitrogen and oxygen atoms in total. The first-order valence-electron chi connectivity index (χ1n) is 4.81. The smallest absolute Gasteiger partial charge is 0.373 e. The van der Waals surface area contributed by atoms with Crippen LogP contribution in [-0.2, 0) is 0 Å². The first kappa shape index (κ1) is 6.60. The SMILES string of the molecule is C1=CC2NC1=C1C2=Nc2ccccc21.[H+]. The van der Waals surface area contributed by atoms with Crippen molar-refractivity contribution in [3.05, 3.63) is 47.7 Å². The Labute approximate surface area is 83.2 Å². The van der Waals surface area contributed by atoms with Gasteiger partial charge in [-0.25, -0.2) is 4.99 Å². The predicted octanol–water partition coefficient (Wildman–Crippen LogP) is 2.14. The quantitative estimate of drug-likeness (QED) is 0.651. The minimum Gasteiger partial charge on any atom is -0.373 e. The standard InChI is InChI=1S/C12H8N2/c1-2-4-8-7(3-1)11-9-5-6-10(13-9)12(11)14-8/h1-6,10,13H/p+1. The molecule has 14 heavy (non-hydrogen) atoms. The summed E-state index contributed by atoms with van der Waals surface area (Å²) in [5, 5.41) is 3.41. The van der Waals surface area contributed by atoms with E-state index < -0.39 is 0 Å². The molecule has 0 radical (unpaired) electrons. The highest BCUT2D eigenvalue weighted by Gasteiger charge is 2.36. The van der Waals surface area contributed by atoms with Crippen molar-refractivity contribution >= 4 is 17.0 Å². The fraction of sp³-hybridized carbons (Fsp3) is 0.0833. The number of para-hydroxylation sites is 1. The predicted molar refractivity (Wildman–Crippen MR) is 57.6 cm³/mol. The third-order valence-electron chi connectivity index (χ3n) is 3.00. The number of rotatable bonds is 0. The molecular weight excluding hydrogens is 172 g/mol. The van der Waals surface area contributed by atoms with Crippen molar-refractivity contribution in [1.29, 1.82) is 0 Å². The van der Waals surface area contributed by atoms with E-state index in [1.165, 1.54) is 22.5 Å². The molecule has 3 aliphatic rings. The first-order valence-corrected chi connectivity index (χ1v) is 4.81. The summed E-state index contributed by atoms with van der Waals surface area (Å²) in [7, 11) is 0. The summed E-state index contributed by atoms with van der Waals surface area (Å²) in [6.45, 7) is 0. The number of allylic oxidation sites excluding steroid dienone is 1. The fourth-order valence-electron chi connectivity index (χ4n) is 2.39. The Kier molecular flexibility index (Phi) is 0.932. The Hall–Kier alpha value is -1.83. The molecule has 1 N–H and O–H groups in total. The molecule has 0 fully saturated rings. The third kappa shape index (κ3) is 0.587. The molecule has 3 heterocycles. The van der Waals surface area contributed by atoms with Crippen LogP contribution in [0.2, 0.25) is 0 Å². The molecule has 0 amide bonds. The van der Waals surface area contributed by atoms with Crippen LogP contribution in [0.15, 0.2) is 47.1 Å². The average molecular weight is 181 g/mol. The summed E-state index contributed by atoms with van der Waals surface area (Å²) in [5.74, 6) is 0. The van der Waals surface area contributed by atoms with Crippen molar-refractivity contribution in [3.8, 4) is 0 Å². The summed E-state index contributed by atoms with van der Waals surface area (Å²) in [6.07, 6.45) is 4.32. The summed E-state index contributed by atoms with van der Waals surface area (Å²) < 4.78 is 0. The molecule has 0 spiro atoms. The Morgan fingerprint density at radius 3 is 3.21 bits per heavy atom. The van der Waals surface area contributed by atoms with Gasteiger partial charge >= 0.3 is 1.43 Å². The van der Waals surface area contributed by atoms with E-state index in [0.717, 1.165) is 5.69 Å². The second-order valence-electron chi connectivity index (χ2n) is 3.78.